The maximum absolute atomic E-state index is 3.74. The maximum Gasteiger partial charge on any atom is 0.00584 e. The normalized spacial score (nSPS) is 20.2. The highest BCUT2D eigenvalue weighted by molar-refractivity contribution is 8.02. The first-order chi connectivity index (χ1) is 31.8. The lowest BCUT2D eigenvalue weighted by molar-refractivity contribution is 0.239. The summed E-state index contributed by atoms with van der Waals surface area (Å²) in [6.45, 7) is 30.8. The topological polar surface area (TPSA) is 3.24 Å². The van der Waals surface area contributed by atoms with Gasteiger partial charge in [0.2, 0.25) is 0 Å². The van der Waals surface area contributed by atoms with E-state index in [0.29, 0.717) is 29.6 Å². The van der Waals surface area contributed by atoms with Crippen molar-refractivity contribution in [3.63, 3.8) is 0 Å². The second-order valence-corrected chi connectivity index (χ2v) is 20.7. The minimum atomic E-state index is 0.490. The van der Waals surface area contributed by atoms with Crippen LogP contribution in [0.4, 0.5) is 0 Å². The predicted octanol–water partition coefficient (Wildman–Crippen LogP) is 19.0. The van der Waals surface area contributed by atoms with Gasteiger partial charge in [0.25, 0.3) is 0 Å². The van der Waals surface area contributed by atoms with E-state index in [1.165, 1.54) is 86.5 Å². The zero-order valence-electron chi connectivity index (χ0n) is 44.6. The summed E-state index contributed by atoms with van der Waals surface area (Å²) in [7, 11) is 2.33. The first-order valence-corrected chi connectivity index (χ1v) is 27.3. The first-order valence-electron chi connectivity index (χ1n) is 26.1. The molecule has 3 aliphatic rings. The van der Waals surface area contributed by atoms with Crippen molar-refractivity contribution in [3.05, 3.63) is 178 Å². The number of thioether (sulfide) groups is 1. The van der Waals surface area contributed by atoms with E-state index in [9.17, 15) is 0 Å². The van der Waals surface area contributed by atoms with E-state index in [1.54, 1.807) is 28.5 Å². The van der Waals surface area contributed by atoms with Gasteiger partial charge in [-0.15, -0.1) is 11.8 Å². The SMILES string of the molecule is C/C=C(/C/C=C\C=C(/C)C(/C=C\Cc1ccccc1CCC)CC(C)C)CCCN(C)CC1/C(=C\C)C2=C(CCC=C2)C2C=CC=CC21.C/C=C\CCCC(C)C(C)C.C=C(/C=C\C)SC. The quantitative estimate of drug-likeness (QED) is 0.0578. The first kappa shape index (κ1) is 58.5. The molecule has 1 aromatic carbocycles. The van der Waals surface area contributed by atoms with Gasteiger partial charge in [0.1, 0.15) is 0 Å². The zero-order chi connectivity index (χ0) is 48.7. The Morgan fingerprint density at radius 3 is 2.32 bits per heavy atom. The van der Waals surface area contributed by atoms with Crippen LogP contribution in [0.5, 0.6) is 0 Å². The van der Waals surface area contributed by atoms with Crippen molar-refractivity contribution in [1.82, 2.24) is 4.90 Å². The highest BCUT2D eigenvalue weighted by Crippen LogP contribution is 2.48. The van der Waals surface area contributed by atoms with Gasteiger partial charge in [-0.1, -0.05) is 205 Å². The minimum absolute atomic E-state index is 0.490. The summed E-state index contributed by atoms with van der Waals surface area (Å²) in [5.74, 6) is 4.61. The maximum atomic E-state index is 3.74. The summed E-state index contributed by atoms with van der Waals surface area (Å²) in [4.78, 5) is 3.71. The van der Waals surface area contributed by atoms with Gasteiger partial charge in [-0.3, -0.25) is 0 Å². The molecule has 0 heterocycles. The highest BCUT2D eigenvalue weighted by Gasteiger charge is 2.39. The molecule has 0 amide bonds. The Morgan fingerprint density at radius 2 is 1.68 bits per heavy atom. The number of allylic oxidation sites excluding steroid dienone is 21. The standard InChI is InChI=1S/C47H65N.C11H22.C6H10S/c1-8-21-39-25-13-14-26-40(39)27-19-28-41(34-36(4)5)37(6)22-11-12-23-38(9-2)24-20-33-48(7)35-47-42(10-3)43-29-15-16-30-44(43)45-31-17-18-32-46(45)47;1-5-6-7-8-9-11(4)10(2)3;1-4-5-6(2)7-3/h9-15,17-19,22,25-26,28-29,31-32,36,41,45-47H,8,16,20-21,23-24,27,30,33-35H2,1-7H3;5-6,10-11H,7-9H2,1-4H3;4-5H,2H2,1,3H3/b12-11-,28-19-,37-22+,38-9-,42-10-;6-5-;5-4-. The van der Waals surface area contributed by atoms with Crippen molar-refractivity contribution in [3.8, 4) is 0 Å². The average Bonchev–Trinajstić information content (AvgIpc) is 3.31. The summed E-state index contributed by atoms with van der Waals surface area (Å²) in [6.07, 6.45) is 55.7. The lowest BCUT2D eigenvalue weighted by Crippen LogP contribution is -2.38. The molecule has 5 atom stereocenters. The Hall–Kier alpha value is -3.59. The third kappa shape index (κ3) is 22.0. The Kier molecular flexibility index (Phi) is 30.7. The molecule has 0 saturated carbocycles. The summed E-state index contributed by atoms with van der Waals surface area (Å²) in [6, 6.07) is 8.95. The zero-order valence-corrected chi connectivity index (χ0v) is 45.4. The van der Waals surface area contributed by atoms with Crippen molar-refractivity contribution < 1.29 is 0 Å². The Labute approximate surface area is 413 Å². The fourth-order valence-electron chi connectivity index (χ4n) is 9.46. The fourth-order valence-corrected chi connectivity index (χ4v) is 9.73. The molecule has 3 aliphatic carbocycles. The molecule has 0 aromatic heterocycles. The van der Waals surface area contributed by atoms with Gasteiger partial charge in [-0.2, -0.15) is 0 Å². The van der Waals surface area contributed by atoms with Crippen LogP contribution in [0.3, 0.4) is 0 Å². The van der Waals surface area contributed by atoms with Crippen LogP contribution in [-0.4, -0.2) is 31.3 Å². The molecule has 1 nitrogen and oxygen atoms in total. The van der Waals surface area contributed by atoms with E-state index in [0.717, 1.165) is 42.7 Å². The van der Waals surface area contributed by atoms with Gasteiger partial charge in [-0.05, 0) is 175 Å². The molecule has 0 saturated heterocycles. The van der Waals surface area contributed by atoms with Gasteiger partial charge in [0, 0.05) is 18.4 Å². The van der Waals surface area contributed by atoms with Gasteiger partial charge in [0.15, 0.2) is 0 Å². The molecule has 0 spiro atoms. The largest absolute Gasteiger partial charge is 0.306 e. The van der Waals surface area contributed by atoms with E-state index >= 15 is 0 Å². The van der Waals surface area contributed by atoms with Crippen LogP contribution in [0, 0.1) is 41.4 Å². The molecule has 4 rings (SSSR count). The lowest BCUT2D eigenvalue weighted by Gasteiger charge is -2.43. The molecule has 0 N–H and O–H groups in total. The molecule has 0 bridgehead atoms. The van der Waals surface area contributed by atoms with Crippen molar-refractivity contribution in [2.75, 3.05) is 26.4 Å². The summed E-state index contributed by atoms with van der Waals surface area (Å²) in [5, 5.41) is 0. The number of hydrogen-bond acceptors (Lipinski definition) is 2. The van der Waals surface area contributed by atoms with Gasteiger partial charge < -0.3 is 4.90 Å². The van der Waals surface area contributed by atoms with Crippen LogP contribution in [-0.2, 0) is 12.8 Å². The molecular formula is C64H97NS. The van der Waals surface area contributed by atoms with Crippen LogP contribution in [0.25, 0.3) is 0 Å². The molecular weight excluding hydrogens is 815 g/mol. The molecule has 5 unspecified atom stereocenters. The van der Waals surface area contributed by atoms with Gasteiger partial charge in [-0.25, -0.2) is 0 Å². The Balaban J connectivity index is 0.000000696. The molecule has 0 radical (unpaired) electrons. The molecule has 0 aliphatic heterocycles. The number of nitrogens with zero attached hydrogens (tertiary/aromatic N) is 1. The second kappa shape index (κ2) is 34.7. The number of rotatable bonds is 24. The average molecular weight is 913 g/mol. The van der Waals surface area contributed by atoms with E-state index in [-0.39, 0.29) is 0 Å². The van der Waals surface area contributed by atoms with Crippen LogP contribution in [0.15, 0.2) is 167 Å². The van der Waals surface area contributed by atoms with E-state index < -0.39 is 0 Å². The Bertz CT molecular complexity index is 1880. The molecule has 2 heteroatoms. The smallest absolute Gasteiger partial charge is 0.00584 e. The summed E-state index contributed by atoms with van der Waals surface area (Å²) >= 11 is 1.67. The molecule has 1 aromatic rings. The molecule has 364 valence electrons. The number of hydrogen-bond donors (Lipinski definition) is 0. The number of aryl methyl sites for hydroxylation is 1. The number of fused-ring (bicyclic) bond motifs is 2. The Morgan fingerprint density at radius 1 is 0.939 bits per heavy atom. The highest BCUT2D eigenvalue weighted by atomic mass is 32.2. The van der Waals surface area contributed by atoms with Crippen LogP contribution in [0.1, 0.15) is 151 Å². The minimum Gasteiger partial charge on any atom is -0.306 e. The van der Waals surface area contributed by atoms with Crippen molar-refractivity contribution in [2.45, 2.75) is 153 Å². The monoisotopic (exact) mass is 912 g/mol. The fraction of sp³-hybridized carbons (Fsp3) is 0.531. The third-order valence-corrected chi connectivity index (χ3v) is 14.4. The summed E-state index contributed by atoms with van der Waals surface area (Å²) in [5.41, 5.74) is 10.8. The number of unbranched alkanes of at least 4 members (excludes halogenated alkanes) is 1. The van der Waals surface area contributed by atoms with Crippen molar-refractivity contribution >= 4 is 11.8 Å². The van der Waals surface area contributed by atoms with E-state index in [4.69, 9.17) is 0 Å². The van der Waals surface area contributed by atoms with Crippen LogP contribution < -0.4 is 0 Å². The second-order valence-electron chi connectivity index (χ2n) is 19.7. The van der Waals surface area contributed by atoms with Gasteiger partial charge >= 0.3 is 0 Å². The summed E-state index contributed by atoms with van der Waals surface area (Å²) < 4.78 is 0. The number of benzene rings is 1. The molecule has 0 fully saturated rings. The van der Waals surface area contributed by atoms with E-state index in [1.807, 2.05) is 25.3 Å². The lowest BCUT2D eigenvalue weighted by atomic mass is 9.63. The van der Waals surface area contributed by atoms with Crippen LogP contribution >= 0.6 is 11.8 Å². The van der Waals surface area contributed by atoms with E-state index in [2.05, 4.69) is 203 Å². The predicted molar refractivity (Wildman–Crippen MR) is 302 cm³/mol. The van der Waals surface area contributed by atoms with Crippen molar-refractivity contribution in [1.29, 1.82) is 0 Å². The molecule has 66 heavy (non-hydrogen) atoms. The third-order valence-electron chi connectivity index (χ3n) is 13.8. The van der Waals surface area contributed by atoms with Gasteiger partial charge in [0.05, 0.1) is 0 Å². The van der Waals surface area contributed by atoms with Crippen LogP contribution in [0.2, 0.25) is 0 Å². The van der Waals surface area contributed by atoms with Crippen molar-refractivity contribution in [2.24, 2.45) is 41.4 Å².